The number of hydrogen-bond acceptors (Lipinski definition) is 14. The number of nitrogens with zero attached hydrogens (tertiary/aromatic N) is 8. The van der Waals surface area contributed by atoms with Gasteiger partial charge in [0.1, 0.15) is 51.1 Å². The molecule has 6 heterocycles. The monoisotopic (exact) mass is 1300 g/mol. The normalized spacial score (nSPS) is 15.2. The highest BCUT2D eigenvalue weighted by Gasteiger charge is 2.36. The van der Waals surface area contributed by atoms with E-state index in [4.69, 9.17) is 37.4 Å². The molecule has 2 aliphatic heterocycles. The molecule has 8 aromatic rings. The molecule has 4 aromatic carbocycles. The van der Waals surface area contributed by atoms with Gasteiger partial charge in [0, 0.05) is 79.6 Å². The lowest BCUT2D eigenvalue weighted by molar-refractivity contribution is 0.0488. The van der Waals surface area contributed by atoms with E-state index in [0.29, 0.717) is 71.1 Å². The Bertz CT molecular complexity index is 4410. The smallest absolute Gasteiger partial charge is 0.407 e. The lowest BCUT2D eigenvalue weighted by Gasteiger charge is -2.36. The number of aryl methyl sites for hydroxylation is 2. The molecule has 26 heteroatoms. The molecule has 2 fully saturated rings. The third-order valence-electron chi connectivity index (χ3n) is 15.7. The van der Waals surface area contributed by atoms with Crippen LogP contribution >= 0.6 is 23.2 Å². The lowest BCUT2D eigenvalue weighted by Crippen LogP contribution is -2.49. The summed E-state index contributed by atoms with van der Waals surface area (Å²) >= 11 is 13.0. The molecule has 10 rings (SSSR count). The van der Waals surface area contributed by atoms with Gasteiger partial charge in [-0.2, -0.15) is 0 Å². The quantitative estimate of drug-likeness (QED) is 0.0553. The zero-order chi connectivity index (χ0) is 66.7. The minimum absolute atomic E-state index is 0.0231. The van der Waals surface area contributed by atoms with E-state index < -0.39 is 88.4 Å². The van der Waals surface area contributed by atoms with Gasteiger partial charge in [-0.15, -0.1) is 0 Å². The van der Waals surface area contributed by atoms with E-state index in [9.17, 15) is 51.9 Å². The molecule has 92 heavy (non-hydrogen) atoms. The van der Waals surface area contributed by atoms with E-state index in [1.54, 1.807) is 120 Å². The first-order valence-electron chi connectivity index (χ1n) is 29.8. The molecule has 0 bridgehead atoms. The van der Waals surface area contributed by atoms with Crippen LogP contribution in [0.1, 0.15) is 109 Å². The number of halogens is 4. The van der Waals surface area contributed by atoms with Gasteiger partial charge in [-0.3, -0.25) is 37.4 Å². The number of ketones is 2. The number of benzene rings is 4. The fraction of sp³-hybridized carbons (Fsp3) is 0.379. The Morgan fingerprint density at radius 3 is 1.49 bits per heavy atom. The summed E-state index contributed by atoms with van der Waals surface area (Å²) < 4.78 is 52.3. The fourth-order valence-electron chi connectivity index (χ4n) is 11.5. The highest BCUT2D eigenvalue weighted by atomic mass is 35.5. The van der Waals surface area contributed by atoms with Crippen molar-refractivity contribution in [3.63, 3.8) is 0 Å². The Kier molecular flexibility index (Phi) is 20.2. The van der Waals surface area contributed by atoms with Crippen LogP contribution in [0.3, 0.4) is 0 Å². The van der Waals surface area contributed by atoms with Gasteiger partial charge in [0.05, 0.1) is 44.3 Å². The van der Waals surface area contributed by atoms with Gasteiger partial charge >= 0.3 is 29.5 Å². The van der Waals surface area contributed by atoms with Crippen molar-refractivity contribution < 1.29 is 47.0 Å². The Balaban J connectivity index is 0.000000218. The number of nitrogens with one attached hydrogen (secondary N) is 2. The number of carbonyl (C=O) groups excluding carboxylic acids is 5. The molecular weight excluding hydrogens is 1230 g/mol. The molecule has 0 spiro atoms. The maximum absolute atomic E-state index is 14.5. The largest absolute Gasteiger partial charge is 0.465 e. The van der Waals surface area contributed by atoms with E-state index in [-0.39, 0.29) is 64.4 Å². The Labute approximate surface area is 537 Å². The number of aromatic nitrogens is 6. The number of piperidine rings is 2. The Hall–Kier alpha value is -9.29. The van der Waals surface area contributed by atoms with Crippen LogP contribution < -0.4 is 42.9 Å². The van der Waals surface area contributed by atoms with Crippen molar-refractivity contribution in [1.29, 1.82) is 0 Å². The van der Waals surface area contributed by atoms with Crippen LogP contribution in [0, 0.1) is 11.6 Å². The summed E-state index contributed by atoms with van der Waals surface area (Å²) in [6.07, 6.45) is 1.51. The number of Topliss-reactive ketones (excluding diaryl/α,β-unsaturated/α-hetero) is 2. The van der Waals surface area contributed by atoms with Gasteiger partial charge in [0.2, 0.25) is 0 Å². The highest BCUT2D eigenvalue weighted by Crippen LogP contribution is 2.36. The predicted octanol–water partition coefficient (Wildman–Crippen LogP) is 9.22. The van der Waals surface area contributed by atoms with Gasteiger partial charge in [-0.25, -0.2) is 32.8 Å². The van der Waals surface area contributed by atoms with Gasteiger partial charge in [0.25, 0.3) is 11.1 Å². The number of ether oxygens (including phenoxy) is 3. The van der Waals surface area contributed by atoms with Crippen molar-refractivity contribution in [2.45, 2.75) is 117 Å². The van der Waals surface area contributed by atoms with Crippen molar-refractivity contribution in [2.75, 3.05) is 43.1 Å². The maximum atomic E-state index is 14.5. The Morgan fingerprint density at radius 1 is 0.565 bits per heavy atom. The summed E-state index contributed by atoms with van der Waals surface area (Å²) in [6.45, 7) is 11.1. The molecule has 2 atom stereocenters. The van der Waals surface area contributed by atoms with Crippen LogP contribution in [-0.2, 0) is 54.5 Å². The molecule has 22 nitrogen and oxygen atoms in total. The molecular formula is C66H72Cl2F2N10O12. The zero-order valence-corrected chi connectivity index (χ0v) is 54.0. The predicted molar refractivity (Wildman–Crippen MR) is 346 cm³/mol. The van der Waals surface area contributed by atoms with Gasteiger partial charge < -0.3 is 43.8 Å². The molecule has 2 aliphatic rings. The van der Waals surface area contributed by atoms with E-state index in [0.717, 1.165) is 26.5 Å². The summed E-state index contributed by atoms with van der Waals surface area (Å²) in [6, 6.07) is 25.6. The second-order valence-corrected chi connectivity index (χ2v) is 25.5. The highest BCUT2D eigenvalue weighted by molar-refractivity contribution is 6.31. The zero-order valence-electron chi connectivity index (χ0n) is 52.4. The number of methoxy groups -OCH3 is 1. The minimum atomic E-state index is -0.832. The summed E-state index contributed by atoms with van der Waals surface area (Å²) in [4.78, 5) is 124. The third-order valence-corrected chi connectivity index (χ3v) is 16.4. The molecule has 2 amide bonds. The summed E-state index contributed by atoms with van der Waals surface area (Å²) in [5.74, 6) is -1.93. The fourth-order valence-corrected chi connectivity index (χ4v) is 11.9. The SMILES string of the molecule is COC(=O)c1c(N2CCC[C@@H](NC(=O)OC(C)(C)C)C2)n(Cc2cc(F)ccc2Cl)c2c(=O)n(CC(=O)c3ccccc3)c(=O)n(C)c12.Cn1c(=O)n(CC(=O)c2ccccc2)c(=O)c2c1cc(N1CCC[C@@H](NC(=O)OC(C)(C)C)C1)n2Cc1cc(F)ccc1Cl. The van der Waals surface area contributed by atoms with E-state index in [1.807, 2.05) is 9.80 Å². The molecule has 0 unspecified atom stereocenters. The molecule has 2 N–H and O–H groups in total. The van der Waals surface area contributed by atoms with Crippen LogP contribution in [0.5, 0.6) is 0 Å². The van der Waals surface area contributed by atoms with Crippen molar-refractivity contribution >= 4 is 86.6 Å². The van der Waals surface area contributed by atoms with Crippen molar-refractivity contribution in [3.8, 4) is 0 Å². The average molecular weight is 1310 g/mol. The molecule has 0 radical (unpaired) electrons. The first-order chi connectivity index (χ1) is 43.5. The van der Waals surface area contributed by atoms with Crippen molar-refractivity contribution in [2.24, 2.45) is 14.1 Å². The number of hydrogen-bond donors (Lipinski definition) is 2. The molecule has 0 aliphatic carbocycles. The maximum Gasteiger partial charge on any atom is 0.407 e. The number of fused-ring (bicyclic) bond motifs is 2. The van der Waals surface area contributed by atoms with Crippen molar-refractivity contribution in [1.82, 2.24) is 38.0 Å². The third kappa shape index (κ3) is 15.0. The Morgan fingerprint density at radius 2 is 1.01 bits per heavy atom. The first kappa shape index (κ1) is 67.1. The van der Waals surface area contributed by atoms with Crippen LogP contribution in [0.2, 0.25) is 10.0 Å². The lowest BCUT2D eigenvalue weighted by atomic mass is 10.1. The minimum Gasteiger partial charge on any atom is -0.465 e. The summed E-state index contributed by atoms with van der Waals surface area (Å²) in [5.41, 5.74) is -2.55. The van der Waals surface area contributed by atoms with Gasteiger partial charge in [-0.05, 0) is 115 Å². The van der Waals surface area contributed by atoms with Crippen LogP contribution in [0.25, 0.3) is 22.1 Å². The van der Waals surface area contributed by atoms with Crippen molar-refractivity contribution in [3.05, 3.63) is 194 Å². The molecule has 2 saturated heterocycles. The topological polar surface area (TPSA) is 241 Å². The van der Waals surface area contributed by atoms with Gasteiger partial charge in [0.15, 0.2) is 11.6 Å². The molecule has 0 saturated carbocycles. The number of amides is 2. The van der Waals surface area contributed by atoms with E-state index in [1.165, 1.54) is 59.7 Å². The molecule has 486 valence electrons. The number of carbonyl (C=O) groups is 5. The van der Waals surface area contributed by atoms with E-state index >= 15 is 0 Å². The number of esters is 1. The second kappa shape index (κ2) is 27.7. The van der Waals surface area contributed by atoms with Gasteiger partial charge in [-0.1, -0.05) is 83.9 Å². The molecule has 4 aromatic heterocycles. The van der Waals surface area contributed by atoms with Crippen LogP contribution in [0.4, 0.5) is 30.0 Å². The van der Waals surface area contributed by atoms with Crippen LogP contribution in [-0.4, -0.2) is 114 Å². The van der Waals surface area contributed by atoms with Crippen LogP contribution in [0.15, 0.2) is 122 Å². The summed E-state index contributed by atoms with van der Waals surface area (Å²) in [7, 11) is 4.12. The number of rotatable bonds is 15. The second-order valence-electron chi connectivity index (χ2n) is 24.7. The first-order valence-corrected chi connectivity index (χ1v) is 30.6. The average Bonchev–Trinajstić information content (AvgIpc) is 1.57. The standard InChI is InChI=1S/C34H37ClFN5O7.C32H35ClFN5O5/c1-34(2,3)48-32(45)37-23-12-9-15-39(18-23)29-26(31(44)47-5)27-28(40(29)17-21-16-22(36)13-14-24(21)35)30(43)41(33(46)38(27)4)19-25(42)20-10-7-6-8-11-20;1-32(2,3)44-30(42)35-23-11-8-14-37(18-23)27-16-25-28(38(27)17-21-15-22(34)12-13-24(21)33)29(41)39(31(43)36(25)4)19-26(40)20-9-6-5-7-10-20/h6-8,10-11,13-14,16,23H,9,12,15,17-19H2,1-5H3,(H,37,45);5-7,9-10,12-13,15-16,23H,8,11,14,17-19H2,1-4H3,(H,35,42)/t2*23-/m11/s1. The van der Waals surface area contributed by atoms with E-state index in [2.05, 4.69) is 10.6 Å². The summed E-state index contributed by atoms with van der Waals surface area (Å²) in [5, 5.41) is 6.33. The number of alkyl carbamates (subject to hydrolysis) is 2. The number of anilines is 2.